The molecule has 2 rings (SSSR count). The van der Waals surface area contributed by atoms with E-state index in [1.54, 1.807) is 0 Å². The summed E-state index contributed by atoms with van der Waals surface area (Å²) in [7, 11) is 0. The van der Waals surface area contributed by atoms with Gasteiger partial charge in [-0.15, -0.1) is 0 Å². The topological polar surface area (TPSA) is 86.3 Å². The second-order valence-corrected chi connectivity index (χ2v) is 5.90. The van der Waals surface area contributed by atoms with Crippen LogP contribution in [-0.2, 0) is 6.42 Å². The van der Waals surface area contributed by atoms with Crippen molar-refractivity contribution in [3.05, 3.63) is 44.0 Å². The Hall–Kier alpha value is -1.50. The highest BCUT2D eigenvalue weighted by Crippen LogP contribution is 2.39. The smallest absolute Gasteiger partial charge is 0.258 e. The monoisotopic (exact) mass is 328 g/mol. The van der Waals surface area contributed by atoms with E-state index in [0.717, 1.165) is 12.5 Å². The summed E-state index contributed by atoms with van der Waals surface area (Å²) in [6.07, 6.45) is 3.78. The minimum absolute atomic E-state index is 0.162. The molecule has 6 nitrogen and oxygen atoms in total. The zero-order chi connectivity index (χ0) is 14.0. The Kier molecular flexibility index (Phi) is 4.14. The Bertz CT molecular complexity index is 516. The molecular formula is C12H13BrN2O4. The van der Waals surface area contributed by atoms with E-state index in [4.69, 9.17) is 0 Å². The summed E-state index contributed by atoms with van der Waals surface area (Å²) in [5.74, 6) is 0.678. The van der Waals surface area contributed by atoms with Crippen LogP contribution in [0, 0.1) is 26.1 Å². The lowest BCUT2D eigenvalue weighted by Crippen LogP contribution is -2.04. The van der Waals surface area contributed by atoms with Gasteiger partial charge in [-0.05, 0) is 37.7 Å². The third kappa shape index (κ3) is 3.50. The summed E-state index contributed by atoms with van der Waals surface area (Å²) in [5, 5.41) is 21.6. The maximum atomic E-state index is 11.0. The van der Waals surface area contributed by atoms with Crippen molar-refractivity contribution >= 4 is 27.3 Å². The minimum Gasteiger partial charge on any atom is -0.258 e. The van der Waals surface area contributed by atoms with Gasteiger partial charge in [0.2, 0.25) is 0 Å². The van der Waals surface area contributed by atoms with Gasteiger partial charge < -0.3 is 0 Å². The van der Waals surface area contributed by atoms with Crippen molar-refractivity contribution in [1.82, 2.24) is 0 Å². The quantitative estimate of drug-likeness (QED) is 0.453. The molecule has 0 heterocycles. The van der Waals surface area contributed by atoms with Crippen molar-refractivity contribution in [2.24, 2.45) is 5.92 Å². The summed E-state index contributed by atoms with van der Waals surface area (Å²) in [5.41, 5.74) is 0.151. The number of benzene rings is 1. The summed E-state index contributed by atoms with van der Waals surface area (Å²) < 4.78 is 0. The maximum Gasteiger partial charge on any atom is 0.279 e. The Labute approximate surface area is 118 Å². The Morgan fingerprint density at radius 2 is 1.95 bits per heavy atom. The van der Waals surface area contributed by atoms with Crippen LogP contribution in [-0.4, -0.2) is 14.7 Å². The standard InChI is InChI=1S/C12H13BrN2O4/c13-11(8-1-2-8)6-4-9-3-5-10(14(16)17)7-12(9)15(18)19/h3,5,7-8,11H,1-2,4,6H2. The largest absolute Gasteiger partial charge is 0.279 e. The number of halogens is 1. The number of non-ortho nitro benzene ring substituents is 1. The van der Waals surface area contributed by atoms with Crippen LogP contribution < -0.4 is 0 Å². The van der Waals surface area contributed by atoms with Crippen molar-refractivity contribution in [2.45, 2.75) is 30.5 Å². The van der Waals surface area contributed by atoms with E-state index in [9.17, 15) is 20.2 Å². The van der Waals surface area contributed by atoms with E-state index >= 15 is 0 Å². The summed E-state index contributed by atoms with van der Waals surface area (Å²) >= 11 is 3.58. The van der Waals surface area contributed by atoms with Gasteiger partial charge in [0, 0.05) is 16.5 Å². The Morgan fingerprint density at radius 1 is 1.26 bits per heavy atom. The van der Waals surface area contributed by atoms with Crippen LogP contribution in [0.25, 0.3) is 0 Å². The molecule has 0 N–H and O–H groups in total. The van der Waals surface area contributed by atoms with Gasteiger partial charge in [-0.1, -0.05) is 15.9 Å². The molecule has 1 fully saturated rings. The number of rotatable bonds is 6. The van der Waals surface area contributed by atoms with Crippen molar-refractivity contribution in [2.75, 3.05) is 0 Å². The number of alkyl halides is 1. The molecule has 102 valence electrons. The van der Waals surface area contributed by atoms with E-state index in [0.29, 0.717) is 22.7 Å². The normalized spacial score (nSPS) is 16.1. The van der Waals surface area contributed by atoms with Gasteiger partial charge in [-0.25, -0.2) is 0 Å². The molecule has 1 aromatic rings. The van der Waals surface area contributed by atoms with Gasteiger partial charge in [0.15, 0.2) is 0 Å². The molecule has 0 bridgehead atoms. The first-order chi connectivity index (χ1) is 8.99. The first-order valence-corrected chi connectivity index (χ1v) is 6.96. The number of hydrogen-bond acceptors (Lipinski definition) is 4. The second-order valence-electron chi connectivity index (χ2n) is 4.72. The van der Waals surface area contributed by atoms with Gasteiger partial charge in [0.1, 0.15) is 0 Å². The van der Waals surface area contributed by atoms with Crippen molar-refractivity contribution < 1.29 is 9.85 Å². The lowest BCUT2D eigenvalue weighted by Gasteiger charge is -2.08. The van der Waals surface area contributed by atoms with Gasteiger partial charge >= 0.3 is 0 Å². The lowest BCUT2D eigenvalue weighted by molar-refractivity contribution is -0.394. The molecule has 0 spiro atoms. The van der Waals surface area contributed by atoms with E-state index in [2.05, 4.69) is 15.9 Å². The molecule has 1 aliphatic rings. The van der Waals surface area contributed by atoms with E-state index < -0.39 is 9.85 Å². The molecule has 19 heavy (non-hydrogen) atoms. The number of nitrogens with zero attached hydrogens (tertiary/aromatic N) is 2. The second kappa shape index (κ2) is 5.64. The predicted octanol–water partition coefficient (Wildman–Crippen LogP) is 3.61. The summed E-state index contributed by atoms with van der Waals surface area (Å²) in [4.78, 5) is 20.8. The van der Waals surface area contributed by atoms with Gasteiger partial charge in [0.05, 0.1) is 15.9 Å². The number of nitro groups is 2. The van der Waals surface area contributed by atoms with Crippen LogP contribution in [0.15, 0.2) is 18.2 Å². The fraction of sp³-hybridized carbons (Fsp3) is 0.500. The number of hydrogen-bond donors (Lipinski definition) is 0. The minimum atomic E-state index is -0.617. The van der Waals surface area contributed by atoms with E-state index in [1.165, 1.54) is 25.0 Å². The SMILES string of the molecule is O=[N+]([O-])c1ccc(CCC(Br)C2CC2)c([N+](=O)[O-])c1. The molecule has 0 radical (unpaired) electrons. The first-order valence-electron chi connectivity index (χ1n) is 6.05. The average molecular weight is 329 g/mol. The van der Waals surface area contributed by atoms with Crippen molar-refractivity contribution in [3.8, 4) is 0 Å². The van der Waals surface area contributed by atoms with Gasteiger partial charge in [-0.2, -0.15) is 0 Å². The van der Waals surface area contributed by atoms with E-state index in [-0.39, 0.29) is 11.4 Å². The molecule has 1 saturated carbocycles. The third-order valence-electron chi connectivity index (χ3n) is 3.30. The first kappa shape index (κ1) is 13.9. The van der Waals surface area contributed by atoms with Crippen LogP contribution in [0.1, 0.15) is 24.8 Å². The predicted molar refractivity (Wildman–Crippen MR) is 73.5 cm³/mol. The Morgan fingerprint density at radius 3 is 2.47 bits per heavy atom. The van der Waals surface area contributed by atoms with Gasteiger partial charge in [0.25, 0.3) is 11.4 Å². The third-order valence-corrected chi connectivity index (χ3v) is 4.50. The summed E-state index contributed by atoms with van der Waals surface area (Å²) in [6.45, 7) is 0. The molecule has 0 saturated heterocycles. The molecule has 7 heteroatoms. The Balaban J connectivity index is 2.13. The molecule has 0 aliphatic heterocycles. The molecule has 1 atom stereocenters. The van der Waals surface area contributed by atoms with Crippen LogP contribution in [0.2, 0.25) is 0 Å². The molecule has 1 aromatic carbocycles. The summed E-state index contributed by atoms with van der Waals surface area (Å²) in [6, 6.07) is 3.85. The van der Waals surface area contributed by atoms with Crippen molar-refractivity contribution in [1.29, 1.82) is 0 Å². The highest BCUT2D eigenvalue weighted by Gasteiger charge is 2.29. The molecule has 1 unspecified atom stereocenters. The molecule has 0 aromatic heterocycles. The highest BCUT2D eigenvalue weighted by atomic mass is 79.9. The maximum absolute atomic E-state index is 11.0. The van der Waals surface area contributed by atoms with Crippen LogP contribution in [0.5, 0.6) is 0 Å². The number of aryl methyl sites for hydroxylation is 1. The van der Waals surface area contributed by atoms with Crippen molar-refractivity contribution in [3.63, 3.8) is 0 Å². The zero-order valence-electron chi connectivity index (χ0n) is 10.1. The molecule has 0 amide bonds. The zero-order valence-corrected chi connectivity index (χ0v) is 11.7. The highest BCUT2D eigenvalue weighted by molar-refractivity contribution is 9.09. The molecular weight excluding hydrogens is 316 g/mol. The number of nitro benzene ring substituents is 2. The fourth-order valence-electron chi connectivity index (χ4n) is 2.03. The fourth-order valence-corrected chi connectivity index (χ4v) is 2.79. The van der Waals surface area contributed by atoms with Crippen LogP contribution in [0.3, 0.4) is 0 Å². The average Bonchev–Trinajstić information content (AvgIpc) is 3.19. The van der Waals surface area contributed by atoms with Crippen LogP contribution >= 0.6 is 15.9 Å². The lowest BCUT2D eigenvalue weighted by atomic mass is 10.0. The van der Waals surface area contributed by atoms with Gasteiger partial charge in [-0.3, -0.25) is 20.2 Å². The molecule has 1 aliphatic carbocycles. The van der Waals surface area contributed by atoms with Crippen LogP contribution in [0.4, 0.5) is 11.4 Å². The van der Waals surface area contributed by atoms with E-state index in [1.807, 2.05) is 0 Å².